The molecule has 148 valence electrons. The molecule has 0 atom stereocenters. The Balaban J connectivity index is 1.70. The van der Waals surface area contributed by atoms with E-state index >= 15 is 0 Å². The Morgan fingerprint density at radius 1 is 0.929 bits per heavy atom. The first kappa shape index (κ1) is 20.0. The molecule has 0 aliphatic heterocycles. The summed E-state index contributed by atoms with van der Waals surface area (Å²) in [6.45, 7) is 5.60. The van der Waals surface area contributed by atoms with Gasteiger partial charge in [0.05, 0.1) is 13.7 Å². The molecule has 0 fully saturated rings. The van der Waals surface area contributed by atoms with Crippen LogP contribution in [0.3, 0.4) is 0 Å². The summed E-state index contributed by atoms with van der Waals surface area (Å²) in [6, 6.07) is 16.6. The third-order valence-electron chi connectivity index (χ3n) is 5.11. The summed E-state index contributed by atoms with van der Waals surface area (Å²) in [5.74, 6) is 0.883. The highest BCUT2D eigenvalue weighted by molar-refractivity contribution is 5.27. The lowest BCUT2D eigenvalue weighted by molar-refractivity contribution is 0.414. The molecule has 0 amide bonds. The molecule has 0 radical (unpaired) electrons. The molecule has 0 spiro atoms. The number of rotatable bonds is 9. The molecule has 3 aromatic rings. The van der Waals surface area contributed by atoms with Gasteiger partial charge in [0.1, 0.15) is 5.75 Å². The van der Waals surface area contributed by atoms with Crippen LogP contribution in [0.25, 0.3) is 0 Å². The molecule has 3 rings (SSSR count). The van der Waals surface area contributed by atoms with Crippen LogP contribution in [-0.4, -0.2) is 16.2 Å². The van der Waals surface area contributed by atoms with Crippen molar-refractivity contribution in [3.63, 3.8) is 0 Å². The molecule has 0 bridgehead atoms. The van der Waals surface area contributed by atoms with Crippen LogP contribution in [0.4, 0.5) is 0 Å². The molecule has 0 N–H and O–H groups in total. The lowest BCUT2D eigenvalue weighted by Gasteiger charge is -2.06. The lowest BCUT2D eigenvalue weighted by atomic mass is 10.1. The molecule has 0 saturated carbocycles. The van der Waals surface area contributed by atoms with Gasteiger partial charge in [0.2, 0.25) is 0 Å². The van der Waals surface area contributed by atoms with Gasteiger partial charge in [-0.15, -0.1) is 0 Å². The monoisotopic (exact) mass is 378 g/mol. The third-order valence-corrected chi connectivity index (χ3v) is 5.11. The van der Waals surface area contributed by atoms with E-state index in [9.17, 15) is 4.79 Å². The molecule has 4 nitrogen and oxygen atoms in total. The number of hydrogen-bond donors (Lipinski definition) is 0. The normalized spacial score (nSPS) is 11.0. The minimum atomic E-state index is 0.0990. The molecule has 4 heteroatoms. The first-order valence-corrected chi connectivity index (χ1v) is 10.1. The van der Waals surface area contributed by atoms with Crippen LogP contribution in [0.5, 0.6) is 5.75 Å². The number of benzene rings is 2. The molecule has 0 unspecified atom stereocenters. The molecule has 0 aliphatic rings. The predicted molar refractivity (Wildman–Crippen MR) is 114 cm³/mol. The topological polar surface area (TPSA) is 36.2 Å². The van der Waals surface area contributed by atoms with Crippen molar-refractivity contribution in [1.82, 2.24) is 9.13 Å². The summed E-state index contributed by atoms with van der Waals surface area (Å²) in [6.07, 6.45) is 5.92. The fourth-order valence-corrected chi connectivity index (χ4v) is 3.51. The van der Waals surface area contributed by atoms with Crippen LogP contribution in [0.15, 0.2) is 59.5 Å². The zero-order chi connectivity index (χ0) is 19.9. The van der Waals surface area contributed by atoms with Gasteiger partial charge in [0, 0.05) is 18.4 Å². The van der Waals surface area contributed by atoms with Crippen LogP contribution in [-0.2, 0) is 25.9 Å². The highest BCUT2D eigenvalue weighted by atomic mass is 16.5. The van der Waals surface area contributed by atoms with Crippen molar-refractivity contribution in [2.24, 2.45) is 0 Å². The maximum Gasteiger partial charge on any atom is 0.328 e. The van der Waals surface area contributed by atoms with E-state index in [1.165, 1.54) is 11.1 Å². The van der Waals surface area contributed by atoms with Gasteiger partial charge in [-0.05, 0) is 55.9 Å². The van der Waals surface area contributed by atoms with E-state index in [1.54, 1.807) is 7.11 Å². The second-order valence-electron chi connectivity index (χ2n) is 7.37. The first-order valence-electron chi connectivity index (χ1n) is 10.1. The Morgan fingerprint density at radius 2 is 1.61 bits per heavy atom. The summed E-state index contributed by atoms with van der Waals surface area (Å²) < 4.78 is 9.01. The Labute approximate surface area is 167 Å². The van der Waals surface area contributed by atoms with Gasteiger partial charge in [-0.3, -0.25) is 9.13 Å². The minimum Gasteiger partial charge on any atom is -0.497 e. The molecular weight excluding hydrogens is 348 g/mol. The van der Waals surface area contributed by atoms with Gasteiger partial charge in [0.15, 0.2) is 0 Å². The first-order chi connectivity index (χ1) is 13.6. The minimum absolute atomic E-state index is 0.0990. The predicted octanol–water partition coefficient (Wildman–Crippen LogP) is 4.60. The van der Waals surface area contributed by atoms with Crippen molar-refractivity contribution >= 4 is 0 Å². The third kappa shape index (κ3) is 4.94. The number of imidazole rings is 1. The summed E-state index contributed by atoms with van der Waals surface area (Å²) in [5, 5.41) is 0. The zero-order valence-corrected chi connectivity index (χ0v) is 17.1. The van der Waals surface area contributed by atoms with Gasteiger partial charge in [-0.25, -0.2) is 4.79 Å². The highest BCUT2D eigenvalue weighted by Gasteiger charge is 2.11. The van der Waals surface area contributed by atoms with Gasteiger partial charge in [-0.1, -0.05) is 48.9 Å². The zero-order valence-electron chi connectivity index (χ0n) is 17.1. The van der Waals surface area contributed by atoms with Crippen LogP contribution in [0, 0.1) is 6.92 Å². The van der Waals surface area contributed by atoms with E-state index in [2.05, 4.69) is 50.2 Å². The lowest BCUT2D eigenvalue weighted by Crippen LogP contribution is -2.25. The fraction of sp³-hybridized carbons (Fsp3) is 0.375. The van der Waals surface area contributed by atoms with E-state index in [4.69, 9.17) is 4.74 Å². The van der Waals surface area contributed by atoms with E-state index in [-0.39, 0.29) is 5.69 Å². The Morgan fingerprint density at radius 3 is 2.25 bits per heavy atom. The van der Waals surface area contributed by atoms with Crippen molar-refractivity contribution < 1.29 is 4.74 Å². The molecule has 1 aromatic heterocycles. The molecule has 0 saturated heterocycles. The van der Waals surface area contributed by atoms with Gasteiger partial charge in [0.25, 0.3) is 0 Å². The average Bonchev–Trinajstić information content (AvgIpc) is 3.00. The Kier molecular flexibility index (Phi) is 6.75. The van der Waals surface area contributed by atoms with Crippen LogP contribution < -0.4 is 10.4 Å². The molecule has 28 heavy (non-hydrogen) atoms. The van der Waals surface area contributed by atoms with Crippen LogP contribution in [0.1, 0.15) is 42.1 Å². The largest absolute Gasteiger partial charge is 0.497 e. The van der Waals surface area contributed by atoms with E-state index in [1.807, 2.05) is 27.5 Å². The SMILES string of the molecule is CCCn1c(CCCc2ccc(OC)cc2)cn(Cc2ccc(C)cc2)c1=O. The van der Waals surface area contributed by atoms with E-state index in [0.717, 1.165) is 49.2 Å². The number of methoxy groups -OCH3 is 1. The van der Waals surface area contributed by atoms with Gasteiger partial charge >= 0.3 is 5.69 Å². The van der Waals surface area contributed by atoms with Crippen molar-refractivity contribution in [2.45, 2.75) is 52.6 Å². The van der Waals surface area contributed by atoms with Crippen LogP contribution in [0.2, 0.25) is 0 Å². The van der Waals surface area contributed by atoms with Crippen molar-refractivity contribution in [3.05, 3.63) is 87.6 Å². The van der Waals surface area contributed by atoms with E-state index < -0.39 is 0 Å². The van der Waals surface area contributed by atoms with Gasteiger partial charge in [-0.2, -0.15) is 0 Å². The van der Waals surface area contributed by atoms with Crippen molar-refractivity contribution in [2.75, 3.05) is 7.11 Å². The smallest absolute Gasteiger partial charge is 0.328 e. The maximum absolute atomic E-state index is 12.9. The van der Waals surface area contributed by atoms with Gasteiger partial charge < -0.3 is 4.74 Å². The number of ether oxygens (including phenoxy) is 1. The number of nitrogens with zero attached hydrogens (tertiary/aromatic N) is 2. The van der Waals surface area contributed by atoms with Crippen LogP contribution >= 0.6 is 0 Å². The highest BCUT2D eigenvalue weighted by Crippen LogP contribution is 2.14. The second kappa shape index (κ2) is 9.45. The quantitative estimate of drug-likeness (QED) is 0.545. The number of aryl methyl sites for hydroxylation is 3. The summed E-state index contributed by atoms with van der Waals surface area (Å²) in [4.78, 5) is 12.9. The summed E-state index contributed by atoms with van der Waals surface area (Å²) in [7, 11) is 1.68. The molecule has 0 aliphatic carbocycles. The maximum atomic E-state index is 12.9. The van der Waals surface area contributed by atoms with E-state index in [0.29, 0.717) is 6.54 Å². The summed E-state index contributed by atoms with van der Waals surface area (Å²) in [5.41, 5.74) is 4.92. The average molecular weight is 379 g/mol. The fourth-order valence-electron chi connectivity index (χ4n) is 3.51. The molecule has 2 aromatic carbocycles. The van der Waals surface area contributed by atoms with Crippen molar-refractivity contribution in [1.29, 1.82) is 0 Å². The standard InChI is InChI=1S/C24H30N2O2/c1-4-16-26-22(7-5-6-20-12-14-23(28-3)15-13-20)18-25(24(26)27)17-21-10-8-19(2)9-11-21/h8-15,18H,4-7,16-17H2,1-3H3. The Hall–Kier alpha value is -2.75. The molecular formula is C24H30N2O2. The Bertz CT molecular complexity index is 934. The second-order valence-corrected chi connectivity index (χ2v) is 7.37. The number of hydrogen-bond acceptors (Lipinski definition) is 2. The number of aromatic nitrogens is 2. The summed E-state index contributed by atoms with van der Waals surface area (Å²) >= 11 is 0. The van der Waals surface area contributed by atoms with Crippen molar-refractivity contribution in [3.8, 4) is 5.75 Å². The molecule has 1 heterocycles.